The van der Waals surface area contributed by atoms with Gasteiger partial charge in [0, 0.05) is 55.0 Å². The lowest BCUT2D eigenvalue weighted by molar-refractivity contribution is -0.138. The van der Waals surface area contributed by atoms with Crippen molar-refractivity contribution < 1.29 is 9.59 Å². The van der Waals surface area contributed by atoms with Crippen molar-refractivity contribution >= 4 is 22.5 Å². The van der Waals surface area contributed by atoms with Gasteiger partial charge in [-0.15, -0.1) is 0 Å². The smallest absolute Gasteiger partial charge is 0.225 e. The van der Waals surface area contributed by atoms with E-state index in [-0.39, 0.29) is 11.8 Å². The maximum absolute atomic E-state index is 12.8. The van der Waals surface area contributed by atoms with Crippen LogP contribution in [0, 0.1) is 5.92 Å². The number of Topliss-reactive ketones (excluding diaryl/α,β-unsaturated/α-hetero) is 1. The summed E-state index contributed by atoms with van der Waals surface area (Å²) in [5, 5.41) is 2.36. The predicted octanol–water partition coefficient (Wildman–Crippen LogP) is 3.70. The monoisotopic (exact) mass is 336 g/mol. The summed E-state index contributed by atoms with van der Waals surface area (Å²) in [6.45, 7) is 1.60. The first-order valence-electron chi connectivity index (χ1n) is 9.36. The minimum atomic E-state index is 0.0426. The molecule has 1 saturated carbocycles. The molecule has 1 aromatic carbocycles. The Bertz CT molecular complexity index is 791. The lowest BCUT2D eigenvalue weighted by atomic mass is 9.86. The summed E-state index contributed by atoms with van der Waals surface area (Å²) in [6.07, 6.45) is 6.65. The first-order chi connectivity index (χ1) is 12.2. The highest BCUT2D eigenvalue weighted by Gasteiger charge is 2.32. The number of aromatic nitrogens is 1. The summed E-state index contributed by atoms with van der Waals surface area (Å²) in [6, 6.07) is 10.4. The topological polar surface area (TPSA) is 50.3 Å². The fourth-order valence-electron chi connectivity index (χ4n) is 4.19. The molecule has 130 valence electrons. The molecule has 1 amide bonds. The molecule has 0 N–H and O–H groups in total. The Balaban J connectivity index is 1.48. The normalized spacial score (nSPS) is 22.3. The molecule has 1 aliphatic heterocycles. The van der Waals surface area contributed by atoms with Gasteiger partial charge in [0.25, 0.3) is 0 Å². The van der Waals surface area contributed by atoms with Gasteiger partial charge in [-0.2, -0.15) is 0 Å². The number of hydrogen-bond acceptors (Lipinski definition) is 3. The zero-order valence-electron chi connectivity index (χ0n) is 14.5. The highest BCUT2D eigenvalue weighted by molar-refractivity contribution is 5.85. The average Bonchev–Trinajstić information content (AvgIpc) is 2.68. The van der Waals surface area contributed by atoms with E-state index in [1.165, 1.54) is 5.39 Å². The average molecular weight is 336 g/mol. The van der Waals surface area contributed by atoms with Crippen LogP contribution in [0.4, 0.5) is 0 Å². The van der Waals surface area contributed by atoms with E-state index in [4.69, 9.17) is 0 Å². The third-order valence-electron chi connectivity index (χ3n) is 5.70. The number of likely N-dealkylation sites (tertiary alicyclic amines) is 1. The highest BCUT2D eigenvalue weighted by Crippen LogP contribution is 2.30. The van der Waals surface area contributed by atoms with E-state index in [1.807, 2.05) is 23.2 Å². The van der Waals surface area contributed by atoms with Gasteiger partial charge in [0.2, 0.25) is 5.91 Å². The fraction of sp³-hybridized carbons (Fsp3) is 0.476. The number of carbonyl (C=O) groups is 2. The number of fused-ring (bicyclic) bond motifs is 1. The van der Waals surface area contributed by atoms with Crippen molar-refractivity contribution in [2.45, 2.75) is 44.4 Å². The van der Waals surface area contributed by atoms with Crippen molar-refractivity contribution in [2.24, 2.45) is 5.92 Å². The van der Waals surface area contributed by atoms with Crippen LogP contribution >= 0.6 is 0 Å². The zero-order chi connectivity index (χ0) is 17.2. The predicted molar refractivity (Wildman–Crippen MR) is 97.3 cm³/mol. The number of ketones is 1. The van der Waals surface area contributed by atoms with Crippen LogP contribution < -0.4 is 0 Å². The van der Waals surface area contributed by atoms with Crippen LogP contribution in [0.2, 0.25) is 0 Å². The van der Waals surface area contributed by atoms with Crippen LogP contribution in [-0.2, 0) is 9.59 Å². The SMILES string of the molecule is O=C1CCC(C(=O)N2CCCC(c3cc4ccccc4cn3)C2)CC1. The van der Waals surface area contributed by atoms with Gasteiger partial charge in [-0.3, -0.25) is 14.6 Å². The number of piperidine rings is 1. The first-order valence-corrected chi connectivity index (χ1v) is 9.36. The Morgan fingerprint density at radius 2 is 1.84 bits per heavy atom. The van der Waals surface area contributed by atoms with Crippen molar-refractivity contribution in [3.05, 3.63) is 42.2 Å². The Morgan fingerprint density at radius 3 is 2.64 bits per heavy atom. The first kappa shape index (κ1) is 16.2. The van der Waals surface area contributed by atoms with Crippen LogP contribution in [0.25, 0.3) is 10.8 Å². The zero-order valence-corrected chi connectivity index (χ0v) is 14.5. The number of nitrogens with zero attached hydrogens (tertiary/aromatic N) is 2. The highest BCUT2D eigenvalue weighted by atomic mass is 16.2. The molecular weight excluding hydrogens is 312 g/mol. The minimum Gasteiger partial charge on any atom is -0.342 e. The molecule has 4 rings (SSSR count). The molecule has 1 aromatic heterocycles. The molecule has 2 fully saturated rings. The van der Waals surface area contributed by atoms with Gasteiger partial charge in [-0.25, -0.2) is 0 Å². The fourth-order valence-corrected chi connectivity index (χ4v) is 4.19. The van der Waals surface area contributed by atoms with Gasteiger partial charge in [-0.1, -0.05) is 24.3 Å². The van der Waals surface area contributed by atoms with Gasteiger partial charge in [0.1, 0.15) is 5.78 Å². The molecule has 1 atom stereocenters. The van der Waals surface area contributed by atoms with Gasteiger partial charge >= 0.3 is 0 Å². The molecular formula is C21H24N2O2. The molecule has 4 heteroatoms. The minimum absolute atomic E-state index is 0.0426. The third-order valence-corrected chi connectivity index (χ3v) is 5.70. The van der Waals surface area contributed by atoms with Crippen LogP contribution in [0.1, 0.15) is 50.1 Å². The summed E-state index contributed by atoms with van der Waals surface area (Å²) >= 11 is 0. The van der Waals surface area contributed by atoms with Gasteiger partial charge in [0.05, 0.1) is 0 Å². The van der Waals surface area contributed by atoms with Gasteiger partial charge in [-0.05, 0) is 37.1 Å². The molecule has 1 saturated heterocycles. The van der Waals surface area contributed by atoms with E-state index in [2.05, 4.69) is 23.2 Å². The van der Waals surface area contributed by atoms with Crippen LogP contribution in [0.3, 0.4) is 0 Å². The summed E-state index contributed by atoms with van der Waals surface area (Å²) in [5.41, 5.74) is 1.09. The van der Waals surface area contributed by atoms with Crippen molar-refractivity contribution in [1.82, 2.24) is 9.88 Å². The second-order valence-corrected chi connectivity index (χ2v) is 7.39. The van der Waals surface area contributed by atoms with E-state index in [0.717, 1.165) is 49.9 Å². The Hall–Kier alpha value is -2.23. The number of benzene rings is 1. The molecule has 1 aliphatic carbocycles. The van der Waals surface area contributed by atoms with Crippen LogP contribution in [-0.4, -0.2) is 34.7 Å². The van der Waals surface area contributed by atoms with Gasteiger partial charge < -0.3 is 4.90 Å². The molecule has 0 radical (unpaired) electrons. The van der Waals surface area contributed by atoms with E-state index < -0.39 is 0 Å². The largest absolute Gasteiger partial charge is 0.342 e. The van der Waals surface area contributed by atoms with E-state index in [1.54, 1.807) is 0 Å². The third kappa shape index (κ3) is 3.44. The van der Waals surface area contributed by atoms with Crippen molar-refractivity contribution in [3.8, 4) is 0 Å². The molecule has 0 spiro atoms. The molecule has 4 nitrogen and oxygen atoms in total. The molecule has 1 unspecified atom stereocenters. The Kier molecular flexibility index (Phi) is 4.51. The Labute approximate surface area is 148 Å². The number of hydrogen-bond donors (Lipinski definition) is 0. The van der Waals surface area contributed by atoms with E-state index in [0.29, 0.717) is 24.5 Å². The molecule has 2 heterocycles. The summed E-state index contributed by atoms with van der Waals surface area (Å²) in [7, 11) is 0. The quantitative estimate of drug-likeness (QED) is 0.840. The summed E-state index contributed by atoms with van der Waals surface area (Å²) < 4.78 is 0. The van der Waals surface area contributed by atoms with E-state index in [9.17, 15) is 9.59 Å². The van der Waals surface area contributed by atoms with Gasteiger partial charge in [0.15, 0.2) is 0 Å². The lowest BCUT2D eigenvalue weighted by Gasteiger charge is -2.35. The van der Waals surface area contributed by atoms with Crippen molar-refractivity contribution in [2.75, 3.05) is 13.1 Å². The van der Waals surface area contributed by atoms with Crippen molar-refractivity contribution in [3.63, 3.8) is 0 Å². The van der Waals surface area contributed by atoms with Crippen molar-refractivity contribution in [1.29, 1.82) is 0 Å². The summed E-state index contributed by atoms with van der Waals surface area (Å²) in [4.78, 5) is 30.9. The maximum atomic E-state index is 12.8. The molecule has 25 heavy (non-hydrogen) atoms. The maximum Gasteiger partial charge on any atom is 0.225 e. The van der Waals surface area contributed by atoms with Crippen LogP contribution in [0.5, 0.6) is 0 Å². The Morgan fingerprint density at radius 1 is 1.08 bits per heavy atom. The number of pyridine rings is 1. The molecule has 2 aliphatic rings. The second kappa shape index (κ2) is 6.95. The lowest BCUT2D eigenvalue weighted by Crippen LogP contribution is -2.43. The molecule has 0 bridgehead atoms. The number of rotatable bonds is 2. The number of carbonyl (C=O) groups excluding carboxylic acids is 2. The second-order valence-electron chi connectivity index (χ2n) is 7.39. The molecule has 2 aromatic rings. The van der Waals surface area contributed by atoms with E-state index >= 15 is 0 Å². The summed E-state index contributed by atoms with van der Waals surface area (Å²) in [5.74, 6) is 0.910. The number of amides is 1. The standard InChI is InChI=1S/C21H24N2O2/c24-19-9-7-15(8-10-19)21(25)23-11-3-6-18(14-23)20-12-16-4-1-2-5-17(16)13-22-20/h1-2,4-5,12-13,15,18H,3,6-11,14H2. The van der Waals surface area contributed by atoms with Crippen LogP contribution in [0.15, 0.2) is 36.5 Å².